The number of hydrogen-bond donors (Lipinski definition) is 0. The van der Waals surface area contributed by atoms with Gasteiger partial charge in [0.25, 0.3) is 0 Å². The molecule has 0 aliphatic heterocycles. The van der Waals surface area contributed by atoms with Crippen molar-refractivity contribution in [3.63, 3.8) is 0 Å². The van der Waals surface area contributed by atoms with Gasteiger partial charge in [-0.2, -0.15) is 0 Å². The Labute approximate surface area is 341 Å². The zero-order chi connectivity index (χ0) is 31.9. The van der Waals surface area contributed by atoms with Crippen molar-refractivity contribution in [2.75, 3.05) is 0 Å². The monoisotopic (exact) mass is 876 g/mol. The molecule has 8 rings (SSSR count). The quantitative estimate of drug-likeness (QED) is 0.107. The van der Waals surface area contributed by atoms with Gasteiger partial charge >= 0.3 is 11.9 Å². The van der Waals surface area contributed by atoms with Crippen LogP contribution in [0.2, 0.25) is 0 Å². The summed E-state index contributed by atoms with van der Waals surface area (Å²) in [5, 5.41) is 0. The Morgan fingerprint density at radius 1 is 0.471 bits per heavy atom. The second-order valence-corrected chi connectivity index (χ2v) is 12.0. The van der Waals surface area contributed by atoms with Crippen LogP contribution >= 0.6 is 0 Å². The van der Waals surface area contributed by atoms with Gasteiger partial charge in [-0.05, 0) is 71.5 Å². The van der Waals surface area contributed by atoms with E-state index in [4.69, 9.17) is 0 Å². The first kappa shape index (κ1) is 43.8. The number of nitrogens with zero attached hydrogens (tertiary/aromatic N) is 8. The fraction of sp³-hybridized carbons (Fsp3) is 0.282. The Balaban J connectivity index is 0.000000297. The molecule has 2 aliphatic rings. The second-order valence-electron chi connectivity index (χ2n) is 12.0. The summed E-state index contributed by atoms with van der Waals surface area (Å²) in [5.41, 5.74) is 4.73. The molecule has 0 N–H and O–H groups in total. The fourth-order valence-electron chi connectivity index (χ4n) is 6.04. The van der Waals surface area contributed by atoms with Crippen LogP contribution in [-0.2, 0) is 23.6 Å². The van der Waals surface area contributed by atoms with Gasteiger partial charge in [-0.15, -0.1) is 0 Å². The minimum absolute atomic E-state index is 0. The van der Waals surface area contributed by atoms with Crippen molar-refractivity contribution in [1.29, 1.82) is 0 Å². The molecule has 6 aromatic heterocycles. The van der Waals surface area contributed by atoms with E-state index >= 15 is 0 Å². The molecule has 6 aromatic rings. The summed E-state index contributed by atoms with van der Waals surface area (Å²) >= 11 is 0. The zero-order valence-electron chi connectivity index (χ0n) is 28.4. The summed E-state index contributed by atoms with van der Waals surface area (Å²) in [7, 11) is 0. The largest absolute Gasteiger partial charge is 1.00 e. The Bertz CT molecular complexity index is 1700. The molecular weight excluding hydrogens is 834 g/mol. The average Bonchev–Trinajstić information content (AvgIpc) is 3.92. The third kappa shape index (κ3) is 13.6. The van der Waals surface area contributed by atoms with Gasteiger partial charge in [-0.25, -0.2) is 13.7 Å². The maximum atomic E-state index is 4.26. The van der Waals surface area contributed by atoms with Crippen molar-refractivity contribution >= 4 is 0 Å². The minimum atomic E-state index is 0. The molecule has 0 unspecified atom stereocenters. The van der Waals surface area contributed by atoms with Crippen LogP contribution in [0.4, 0.5) is 0 Å². The van der Waals surface area contributed by atoms with Crippen LogP contribution in [0, 0.1) is 5.92 Å². The van der Waals surface area contributed by atoms with Crippen molar-refractivity contribution in [3.8, 4) is 34.2 Å². The van der Waals surface area contributed by atoms with E-state index in [1.165, 1.54) is 68.9 Å². The van der Waals surface area contributed by atoms with Crippen molar-refractivity contribution in [3.05, 3.63) is 135 Å². The van der Waals surface area contributed by atoms with Crippen molar-refractivity contribution in [2.24, 2.45) is 5.92 Å². The van der Waals surface area contributed by atoms with Gasteiger partial charge in [0.1, 0.15) is 24.8 Å². The van der Waals surface area contributed by atoms with Crippen molar-refractivity contribution < 1.29 is 79.6 Å². The molecule has 2 saturated carbocycles. The topological polar surface area (TPSA) is 76.1 Å². The van der Waals surface area contributed by atoms with Crippen LogP contribution in [0.25, 0.3) is 34.2 Å². The van der Waals surface area contributed by atoms with E-state index < -0.39 is 0 Å². The second kappa shape index (κ2) is 23.9. The number of rotatable bonds is 6. The summed E-state index contributed by atoms with van der Waals surface area (Å²) in [6, 6.07) is 20.3. The van der Waals surface area contributed by atoms with Crippen LogP contribution in [0.15, 0.2) is 135 Å². The fourth-order valence-corrected chi connectivity index (χ4v) is 6.04. The molecule has 0 bridgehead atoms. The number of pyridine rings is 4. The molecule has 0 atom stereocenters. The molecule has 12 heteroatoms. The third-order valence-corrected chi connectivity index (χ3v) is 8.66. The Morgan fingerprint density at radius 2 is 0.824 bits per heavy atom. The number of aromatic nitrogens is 8. The van der Waals surface area contributed by atoms with Crippen LogP contribution in [0.5, 0.6) is 0 Å². The van der Waals surface area contributed by atoms with Crippen LogP contribution in [0.3, 0.4) is 0 Å². The Morgan fingerprint density at radius 3 is 1.22 bits per heavy atom. The molecule has 51 heavy (non-hydrogen) atoms. The standard InChI is InChI=1S/C20H22N4.C14H11N4.C5H10.2ClH.Fe.HI/c1-2-5-17(4-1)16-23-12-6-18(7-13-23)19-8-14-24(15-9-19)20-21-10-3-11-22-20;1-6-16-14(17-7-1)18-10-4-13(5-11-18)12-2-8-15-9-3-12;1-2-4-5-3-1;;;;/h3,6-15,17H,1-2,4-5,16H2;1-11H;1-5H2;2*1H;;1H/q+2;+1;;;;;/p-3. The molecule has 0 radical (unpaired) electrons. The minimum Gasteiger partial charge on any atom is -1.00 e. The maximum Gasteiger partial charge on any atom is 0.437 e. The molecule has 0 saturated heterocycles. The van der Waals surface area contributed by atoms with E-state index in [2.05, 4.69) is 66.1 Å². The summed E-state index contributed by atoms with van der Waals surface area (Å²) in [6.07, 6.45) is 35.9. The smallest absolute Gasteiger partial charge is 0.437 e. The van der Waals surface area contributed by atoms with E-state index in [-0.39, 0.29) is 65.9 Å². The van der Waals surface area contributed by atoms with Crippen LogP contribution < -0.4 is 62.5 Å². The number of halogens is 3. The molecule has 2 fully saturated rings. The average molecular weight is 877 g/mol. The predicted octanol–water partition coefficient (Wildman–Crippen LogP) is -2.33. The van der Waals surface area contributed by atoms with Gasteiger partial charge in [-0.3, -0.25) is 4.98 Å². The zero-order valence-corrected chi connectivity index (χ0v) is 33.2. The third-order valence-electron chi connectivity index (χ3n) is 8.66. The summed E-state index contributed by atoms with van der Waals surface area (Å²) < 4.78 is 6.12. The van der Waals surface area contributed by atoms with Crippen molar-refractivity contribution in [2.45, 2.75) is 64.3 Å². The van der Waals surface area contributed by atoms with E-state index in [9.17, 15) is 0 Å². The van der Waals surface area contributed by atoms with Gasteiger partial charge in [0, 0.05) is 59.6 Å². The van der Waals surface area contributed by atoms with Gasteiger partial charge in [-0.1, -0.05) is 64.9 Å². The first-order chi connectivity index (χ1) is 23.3. The molecular formula is C39H43Cl2FeIN8. The Hall–Kier alpha value is -3.41. The normalized spacial score (nSPS) is 12.9. The van der Waals surface area contributed by atoms with E-state index in [0.717, 1.165) is 23.6 Å². The molecule has 0 aromatic carbocycles. The van der Waals surface area contributed by atoms with Gasteiger partial charge in [0.2, 0.25) is 0 Å². The SMILES string of the molecule is C1CCCC1.[Cl-].[Cl-].[Fe].[I-].c1cnc(-[n+]2ccc(-c3cc[n+](CC4CCCC4)cc3)cc2)nc1.c1cnc(-[n+]2ccc(-c3ccncc3)cc2)nc1. The summed E-state index contributed by atoms with van der Waals surface area (Å²) in [6.45, 7) is 1.15. The Kier molecular flexibility index (Phi) is 20.5. The molecule has 0 amide bonds. The van der Waals surface area contributed by atoms with E-state index in [0.29, 0.717) is 11.9 Å². The first-order valence-corrected chi connectivity index (χ1v) is 16.8. The maximum absolute atomic E-state index is 4.26. The van der Waals surface area contributed by atoms with E-state index in [1.807, 2.05) is 64.3 Å². The summed E-state index contributed by atoms with van der Waals surface area (Å²) in [4.78, 5) is 20.9. The van der Waals surface area contributed by atoms with Crippen LogP contribution in [-0.4, -0.2) is 24.9 Å². The van der Waals surface area contributed by atoms with Gasteiger partial charge < -0.3 is 48.8 Å². The van der Waals surface area contributed by atoms with Crippen molar-refractivity contribution in [1.82, 2.24) is 24.9 Å². The molecule has 0 spiro atoms. The predicted molar refractivity (Wildman–Crippen MR) is 181 cm³/mol. The molecule has 268 valence electrons. The molecule has 2 aliphatic carbocycles. The number of hydrogen-bond acceptors (Lipinski definition) is 5. The first-order valence-electron chi connectivity index (χ1n) is 16.8. The molecule has 6 heterocycles. The molecule has 8 nitrogen and oxygen atoms in total. The van der Waals surface area contributed by atoms with Gasteiger partial charge in [0.15, 0.2) is 18.9 Å². The van der Waals surface area contributed by atoms with E-state index in [1.54, 1.807) is 43.2 Å². The summed E-state index contributed by atoms with van der Waals surface area (Å²) in [5.74, 6) is 2.22. The van der Waals surface area contributed by atoms with Crippen LogP contribution in [0.1, 0.15) is 57.8 Å². The van der Waals surface area contributed by atoms with Gasteiger partial charge in [0.05, 0.1) is 24.8 Å².